The van der Waals surface area contributed by atoms with E-state index in [9.17, 15) is 10.1 Å². The molecule has 0 saturated heterocycles. The molecular weight excluding hydrogens is 334 g/mol. The molecule has 0 fully saturated rings. The van der Waals surface area contributed by atoms with Crippen LogP contribution < -0.4 is 11.1 Å². The minimum absolute atomic E-state index is 0.0675. The lowest BCUT2D eigenvalue weighted by atomic mass is 10.1. The molecule has 0 radical (unpaired) electrons. The van der Waals surface area contributed by atoms with E-state index in [1.165, 1.54) is 11.6 Å². The van der Waals surface area contributed by atoms with Crippen LogP contribution in [0.2, 0.25) is 0 Å². The summed E-state index contributed by atoms with van der Waals surface area (Å²) in [5.74, 6) is 0. The molecule has 0 amide bonds. The number of rotatable bonds is 6. The number of halogens is 1. The fourth-order valence-electron chi connectivity index (χ4n) is 2.00. The highest BCUT2D eigenvalue weighted by molar-refractivity contribution is 9.10. The summed E-state index contributed by atoms with van der Waals surface area (Å²) in [6, 6.07) is 12.9. The Balaban J connectivity index is 2.08. The molecule has 0 heterocycles. The van der Waals surface area contributed by atoms with E-state index in [2.05, 4.69) is 21.2 Å². The number of nitrogens with two attached hydrogens (primary N) is 1. The Bertz CT molecular complexity index is 629. The van der Waals surface area contributed by atoms with Gasteiger partial charge in [0.15, 0.2) is 0 Å². The van der Waals surface area contributed by atoms with Crippen LogP contribution in [0.15, 0.2) is 46.9 Å². The normalized spacial score (nSPS) is 10.4. The van der Waals surface area contributed by atoms with Gasteiger partial charge >= 0.3 is 0 Å². The molecule has 0 spiro atoms. The smallest absolute Gasteiger partial charge is 0.292 e. The zero-order valence-corrected chi connectivity index (χ0v) is 13.0. The second-order valence-electron chi connectivity index (χ2n) is 4.63. The molecule has 0 aliphatic rings. The monoisotopic (exact) mass is 349 g/mol. The molecule has 0 aromatic heterocycles. The van der Waals surface area contributed by atoms with E-state index in [1.54, 1.807) is 12.1 Å². The number of hydrogen-bond acceptors (Lipinski definition) is 4. The molecule has 6 heteroatoms. The van der Waals surface area contributed by atoms with Crippen molar-refractivity contribution in [3.63, 3.8) is 0 Å². The SMILES string of the molecule is NCCc1ccc(CNc2cc(Br)ccc2[N+](=O)[O-])cc1. The molecule has 2 aromatic carbocycles. The number of benzene rings is 2. The first kappa shape index (κ1) is 15.5. The van der Waals surface area contributed by atoms with Crippen LogP contribution in [0.25, 0.3) is 0 Å². The molecule has 3 N–H and O–H groups in total. The van der Waals surface area contributed by atoms with Gasteiger partial charge < -0.3 is 11.1 Å². The molecule has 110 valence electrons. The summed E-state index contributed by atoms with van der Waals surface area (Å²) in [5.41, 5.74) is 8.33. The van der Waals surface area contributed by atoms with Gasteiger partial charge in [0.2, 0.25) is 0 Å². The second-order valence-corrected chi connectivity index (χ2v) is 5.54. The first-order valence-electron chi connectivity index (χ1n) is 6.56. The minimum atomic E-state index is -0.390. The molecule has 0 atom stereocenters. The second kappa shape index (κ2) is 7.19. The maximum Gasteiger partial charge on any atom is 0.292 e. The summed E-state index contributed by atoms with van der Waals surface area (Å²) in [4.78, 5) is 10.6. The summed E-state index contributed by atoms with van der Waals surface area (Å²) >= 11 is 3.32. The molecule has 0 bridgehead atoms. The zero-order valence-electron chi connectivity index (χ0n) is 11.4. The Morgan fingerprint density at radius 1 is 1.14 bits per heavy atom. The van der Waals surface area contributed by atoms with E-state index < -0.39 is 0 Å². The lowest BCUT2D eigenvalue weighted by molar-refractivity contribution is -0.384. The molecule has 0 saturated carbocycles. The molecule has 5 nitrogen and oxygen atoms in total. The Labute approximate surface area is 131 Å². The van der Waals surface area contributed by atoms with Gasteiger partial charge in [0.1, 0.15) is 5.69 Å². The lowest BCUT2D eigenvalue weighted by Crippen LogP contribution is -2.04. The minimum Gasteiger partial charge on any atom is -0.375 e. The number of hydrogen-bond donors (Lipinski definition) is 2. The number of nitro benzene ring substituents is 1. The number of nitrogens with zero attached hydrogens (tertiary/aromatic N) is 1. The molecule has 0 aliphatic heterocycles. The van der Waals surface area contributed by atoms with Gasteiger partial charge in [0.25, 0.3) is 5.69 Å². The van der Waals surface area contributed by atoms with Crippen molar-refractivity contribution >= 4 is 27.3 Å². The van der Waals surface area contributed by atoms with E-state index in [4.69, 9.17) is 5.73 Å². The van der Waals surface area contributed by atoms with E-state index in [1.807, 2.05) is 24.3 Å². The van der Waals surface area contributed by atoms with Crippen molar-refractivity contribution in [1.82, 2.24) is 0 Å². The van der Waals surface area contributed by atoms with Crippen molar-refractivity contribution in [2.24, 2.45) is 5.73 Å². The summed E-state index contributed by atoms with van der Waals surface area (Å²) in [6.07, 6.45) is 0.852. The third kappa shape index (κ3) is 4.27. The highest BCUT2D eigenvalue weighted by Crippen LogP contribution is 2.28. The summed E-state index contributed by atoms with van der Waals surface area (Å²) in [7, 11) is 0. The van der Waals surface area contributed by atoms with Gasteiger partial charge in [0.05, 0.1) is 4.92 Å². The molecule has 2 rings (SSSR count). The Hall–Kier alpha value is -1.92. The van der Waals surface area contributed by atoms with Crippen molar-refractivity contribution < 1.29 is 4.92 Å². The van der Waals surface area contributed by atoms with E-state index >= 15 is 0 Å². The fraction of sp³-hybridized carbons (Fsp3) is 0.200. The maximum absolute atomic E-state index is 11.0. The van der Waals surface area contributed by atoms with Crippen LogP contribution in [-0.4, -0.2) is 11.5 Å². The van der Waals surface area contributed by atoms with Crippen molar-refractivity contribution in [3.8, 4) is 0 Å². The summed E-state index contributed by atoms with van der Waals surface area (Å²) in [6.45, 7) is 1.15. The van der Waals surface area contributed by atoms with Gasteiger partial charge in [-0.2, -0.15) is 0 Å². The van der Waals surface area contributed by atoms with E-state index in [0.717, 1.165) is 16.5 Å². The van der Waals surface area contributed by atoms with E-state index in [0.29, 0.717) is 18.8 Å². The summed E-state index contributed by atoms with van der Waals surface area (Å²) in [5, 5.41) is 14.1. The molecule has 21 heavy (non-hydrogen) atoms. The van der Waals surface area contributed by atoms with E-state index in [-0.39, 0.29) is 10.6 Å². The molecular formula is C15H16BrN3O2. The van der Waals surface area contributed by atoms with Gasteiger partial charge in [-0.3, -0.25) is 10.1 Å². The van der Waals surface area contributed by atoms with Gasteiger partial charge in [-0.25, -0.2) is 0 Å². The highest BCUT2D eigenvalue weighted by Gasteiger charge is 2.13. The van der Waals surface area contributed by atoms with Crippen molar-refractivity contribution in [2.45, 2.75) is 13.0 Å². The van der Waals surface area contributed by atoms with Crippen molar-refractivity contribution in [3.05, 3.63) is 68.2 Å². The maximum atomic E-state index is 11.0. The van der Waals surface area contributed by atoms with Crippen LogP contribution in [-0.2, 0) is 13.0 Å². The zero-order chi connectivity index (χ0) is 15.2. The predicted octanol–water partition coefficient (Wildman–Crippen LogP) is 3.47. The first-order chi connectivity index (χ1) is 10.1. The van der Waals surface area contributed by atoms with Crippen LogP contribution in [0, 0.1) is 10.1 Å². The lowest BCUT2D eigenvalue weighted by Gasteiger charge is -2.08. The van der Waals surface area contributed by atoms with Gasteiger partial charge in [-0.1, -0.05) is 40.2 Å². The fourth-order valence-corrected chi connectivity index (χ4v) is 2.36. The topological polar surface area (TPSA) is 81.2 Å². The van der Waals surface area contributed by atoms with Crippen LogP contribution >= 0.6 is 15.9 Å². The number of nitrogens with one attached hydrogen (secondary N) is 1. The molecule has 2 aromatic rings. The largest absolute Gasteiger partial charge is 0.375 e. The van der Waals surface area contributed by atoms with Gasteiger partial charge in [-0.15, -0.1) is 0 Å². The quantitative estimate of drug-likeness (QED) is 0.617. The average molecular weight is 350 g/mol. The third-order valence-electron chi connectivity index (χ3n) is 3.09. The Morgan fingerprint density at radius 3 is 2.43 bits per heavy atom. The van der Waals surface area contributed by atoms with Gasteiger partial charge in [-0.05, 0) is 36.2 Å². The Morgan fingerprint density at radius 2 is 1.81 bits per heavy atom. The Kier molecular flexibility index (Phi) is 5.30. The molecule has 0 aliphatic carbocycles. The summed E-state index contributed by atoms with van der Waals surface area (Å²) < 4.78 is 0.800. The van der Waals surface area contributed by atoms with Crippen LogP contribution in [0.1, 0.15) is 11.1 Å². The standard InChI is InChI=1S/C15H16BrN3O2/c16-13-5-6-15(19(20)21)14(9-13)18-10-12-3-1-11(2-4-12)7-8-17/h1-6,9,18H,7-8,10,17H2. The van der Waals surface area contributed by atoms with Crippen LogP contribution in [0.3, 0.4) is 0 Å². The van der Waals surface area contributed by atoms with Crippen LogP contribution in [0.5, 0.6) is 0 Å². The van der Waals surface area contributed by atoms with Gasteiger partial charge in [0, 0.05) is 17.1 Å². The average Bonchev–Trinajstić information content (AvgIpc) is 2.46. The number of nitro groups is 1. The highest BCUT2D eigenvalue weighted by atomic mass is 79.9. The van der Waals surface area contributed by atoms with Crippen molar-refractivity contribution in [1.29, 1.82) is 0 Å². The van der Waals surface area contributed by atoms with Crippen LogP contribution in [0.4, 0.5) is 11.4 Å². The molecule has 0 unspecified atom stereocenters. The first-order valence-corrected chi connectivity index (χ1v) is 7.35. The third-order valence-corrected chi connectivity index (χ3v) is 3.59. The predicted molar refractivity (Wildman–Crippen MR) is 87.3 cm³/mol. The number of anilines is 1. The van der Waals surface area contributed by atoms with Crippen molar-refractivity contribution in [2.75, 3.05) is 11.9 Å².